The molecule has 2 aromatic heterocycles. The third-order valence-electron chi connectivity index (χ3n) is 2.90. The predicted molar refractivity (Wildman–Crippen MR) is 75.0 cm³/mol. The molecule has 20 heavy (non-hydrogen) atoms. The fraction of sp³-hybridized carbons (Fsp3) is 0.133. The van der Waals surface area contributed by atoms with Gasteiger partial charge in [0.1, 0.15) is 0 Å². The van der Waals surface area contributed by atoms with Crippen molar-refractivity contribution in [3.8, 4) is 0 Å². The predicted octanol–water partition coefficient (Wildman–Crippen LogP) is 2.23. The first-order valence-corrected chi connectivity index (χ1v) is 6.34. The molecule has 0 bridgehead atoms. The largest absolute Gasteiger partial charge is 0.399 e. The lowest BCUT2D eigenvalue weighted by Gasteiger charge is -1.97. The Morgan fingerprint density at radius 1 is 1.05 bits per heavy atom. The third kappa shape index (κ3) is 3.00. The Kier molecular flexibility index (Phi) is 3.41. The molecule has 0 amide bonds. The molecule has 0 spiro atoms. The molecule has 5 heteroatoms. The standard InChI is InChI=1S/C15H14N4O/c16-13-5-1-3-11(7-13)9-15-18-14(19-20-15)8-12-4-2-6-17-10-12/h1-7,10H,8-9,16H2. The minimum absolute atomic E-state index is 0.588. The molecule has 2 N–H and O–H groups in total. The van der Waals surface area contributed by atoms with E-state index in [1.165, 1.54) is 0 Å². The van der Waals surface area contributed by atoms with Crippen molar-refractivity contribution in [1.29, 1.82) is 0 Å². The van der Waals surface area contributed by atoms with Crippen LogP contribution in [-0.4, -0.2) is 15.1 Å². The molecule has 3 rings (SSSR count). The van der Waals surface area contributed by atoms with Crippen molar-refractivity contribution >= 4 is 5.69 Å². The van der Waals surface area contributed by atoms with Crippen molar-refractivity contribution in [2.24, 2.45) is 0 Å². The molecular formula is C15H14N4O. The van der Waals surface area contributed by atoms with Crippen LogP contribution < -0.4 is 5.73 Å². The molecule has 3 aromatic rings. The van der Waals surface area contributed by atoms with Crippen LogP contribution in [0.2, 0.25) is 0 Å². The molecule has 2 heterocycles. The Labute approximate surface area is 116 Å². The number of aromatic nitrogens is 3. The van der Waals surface area contributed by atoms with Crippen molar-refractivity contribution < 1.29 is 4.52 Å². The zero-order chi connectivity index (χ0) is 13.8. The first kappa shape index (κ1) is 12.3. The highest BCUT2D eigenvalue weighted by Gasteiger charge is 2.08. The Morgan fingerprint density at radius 3 is 2.75 bits per heavy atom. The van der Waals surface area contributed by atoms with Crippen LogP contribution in [0.1, 0.15) is 22.8 Å². The van der Waals surface area contributed by atoms with Crippen molar-refractivity contribution in [2.45, 2.75) is 12.8 Å². The molecule has 100 valence electrons. The van der Waals surface area contributed by atoms with Crippen LogP contribution in [0.25, 0.3) is 0 Å². The molecule has 0 aliphatic rings. The lowest BCUT2D eigenvalue weighted by molar-refractivity contribution is 0.380. The second kappa shape index (κ2) is 5.52. The number of benzene rings is 1. The zero-order valence-electron chi connectivity index (χ0n) is 10.9. The normalized spacial score (nSPS) is 10.6. The van der Waals surface area contributed by atoms with E-state index in [0.717, 1.165) is 16.8 Å². The van der Waals surface area contributed by atoms with Crippen LogP contribution in [0.15, 0.2) is 53.3 Å². The van der Waals surface area contributed by atoms with Gasteiger partial charge in [-0.1, -0.05) is 23.4 Å². The highest BCUT2D eigenvalue weighted by atomic mass is 16.5. The van der Waals surface area contributed by atoms with Crippen molar-refractivity contribution in [3.63, 3.8) is 0 Å². The molecule has 0 aliphatic heterocycles. The minimum atomic E-state index is 0.588. The molecule has 0 saturated carbocycles. The summed E-state index contributed by atoms with van der Waals surface area (Å²) in [5.74, 6) is 1.26. The van der Waals surface area contributed by atoms with E-state index in [4.69, 9.17) is 10.3 Å². The van der Waals surface area contributed by atoms with Gasteiger partial charge in [-0.15, -0.1) is 0 Å². The fourth-order valence-electron chi connectivity index (χ4n) is 2.00. The van der Waals surface area contributed by atoms with E-state index < -0.39 is 0 Å². The van der Waals surface area contributed by atoms with Gasteiger partial charge < -0.3 is 10.3 Å². The summed E-state index contributed by atoms with van der Waals surface area (Å²) < 4.78 is 5.26. The van der Waals surface area contributed by atoms with Gasteiger partial charge in [0.15, 0.2) is 5.82 Å². The molecule has 0 atom stereocenters. The minimum Gasteiger partial charge on any atom is -0.399 e. The number of nitrogens with two attached hydrogens (primary N) is 1. The summed E-state index contributed by atoms with van der Waals surface area (Å²) in [4.78, 5) is 8.45. The molecular weight excluding hydrogens is 252 g/mol. The van der Waals surface area contributed by atoms with Gasteiger partial charge in [-0.05, 0) is 29.3 Å². The lowest BCUT2D eigenvalue weighted by Crippen LogP contribution is -1.93. The molecule has 5 nitrogen and oxygen atoms in total. The Morgan fingerprint density at radius 2 is 1.95 bits per heavy atom. The average molecular weight is 266 g/mol. The van der Waals surface area contributed by atoms with Gasteiger partial charge in [0, 0.05) is 24.5 Å². The molecule has 1 aromatic carbocycles. The van der Waals surface area contributed by atoms with Gasteiger partial charge in [-0.25, -0.2) is 0 Å². The van der Waals surface area contributed by atoms with E-state index in [1.807, 2.05) is 36.4 Å². The van der Waals surface area contributed by atoms with Gasteiger partial charge in [-0.2, -0.15) is 4.98 Å². The van der Waals surface area contributed by atoms with Crippen LogP contribution in [-0.2, 0) is 12.8 Å². The quantitative estimate of drug-likeness (QED) is 0.733. The van der Waals surface area contributed by atoms with E-state index in [0.29, 0.717) is 24.6 Å². The average Bonchev–Trinajstić information content (AvgIpc) is 2.87. The van der Waals surface area contributed by atoms with Crippen LogP contribution in [0, 0.1) is 0 Å². The van der Waals surface area contributed by atoms with Gasteiger partial charge in [0.2, 0.25) is 5.89 Å². The topological polar surface area (TPSA) is 77.8 Å². The number of rotatable bonds is 4. The summed E-state index contributed by atoms with van der Waals surface area (Å²) in [6.07, 6.45) is 4.75. The van der Waals surface area contributed by atoms with Gasteiger partial charge >= 0.3 is 0 Å². The second-order valence-electron chi connectivity index (χ2n) is 4.56. The molecule has 0 radical (unpaired) electrons. The van der Waals surface area contributed by atoms with E-state index >= 15 is 0 Å². The second-order valence-corrected chi connectivity index (χ2v) is 4.56. The maximum atomic E-state index is 5.75. The first-order chi connectivity index (χ1) is 9.79. The number of nitrogens with zero attached hydrogens (tertiary/aromatic N) is 3. The van der Waals surface area contributed by atoms with Crippen molar-refractivity contribution in [2.75, 3.05) is 5.73 Å². The Bertz CT molecular complexity index is 694. The Hall–Kier alpha value is -2.69. The summed E-state index contributed by atoms with van der Waals surface area (Å²) in [6, 6.07) is 11.5. The number of hydrogen-bond acceptors (Lipinski definition) is 5. The number of anilines is 1. The van der Waals surface area contributed by atoms with E-state index in [1.54, 1.807) is 12.4 Å². The molecule has 0 fully saturated rings. The third-order valence-corrected chi connectivity index (χ3v) is 2.90. The SMILES string of the molecule is Nc1cccc(Cc2nc(Cc3cccnc3)no2)c1. The maximum absolute atomic E-state index is 5.75. The van der Waals surface area contributed by atoms with E-state index in [9.17, 15) is 0 Å². The monoisotopic (exact) mass is 266 g/mol. The van der Waals surface area contributed by atoms with Crippen LogP contribution >= 0.6 is 0 Å². The highest BCUT2D eigenvalue weighted by Crippen LogP contribution is 2.12. The van der Waals surface area contributed by atoms with Crippen LogP contribution in [0.4, 0.5) is 5.69 Å². The van der Waals surface area contributed by atoms with Crippen molar-refractivity contribution in [1.82, 2.24) is 15.1 Å². The molecule has 0 saturated heterocycles. The molecule has 0 unspecified atom stereocenters. The lowest BCUT2D eigenvalue weighted by atomic mass is 10.1. The van der Waals surface area contributed by atoms with Gasteiger partial charge in [0.25, 0.3) is 0 Å². The Balaban J connectivity index is 1.71. The number of hydrogen-bond donors (Lipinski definition) is 1. The van der Waals surface area contributed by atoms with Gasteiger partial charge in [-0.3, -0.25) is 4.98 Å². The van der Waals surface area contributed by atoms with Crippen LogP contribution in [0.5, 0.6) is 0 Å². The number of pyridine rings is 1. The van der Waals surface area contributed by atoms with E-state index in [-0.39, 0.29) is 0 Å². The summed E-state index contributed by atoms with van der Waals surface area (Å²) >= 11 is 0. The zero-order valence-corrected chi connectivity index (χ0v) is 10.9. The fourth-order valence-corrected chi connectivity index (χ4v) is 2.00. The number of nitrogen functional groups attached to an aromatic ring is 1. The first-order valence-electron chi connectivity index (χ1n) is 6.34. The summed E-state index contributed by atoms with van der Waals surface area (Å²) in [6.45, 7) is 0. The summed E-state index contributed by atoms with van der Waals surface area (Å²) in [7, 11) is 0. The highest BCUT2D eigenvalue weighted by molar-refractivity contribution is 5.41. The van der Waals surface area contributed by atoms with Crippen molar-refractivity contribution in [3.05, 3.63) is 71.6 Å². The van der Waals surface area contributed by atoms with Crippen LogP contribution in [0.3, 0.4) is 0 Å². The maximum Gasteiger partial charge on any atom is 0.231 e. The molecule has 0 aliphatic carbocycles. The van der Waals surface area contributed by atoms with E-state index in [2.05, 4.69) is 15.1 Å². The smallest absolute Gasteiger partial charge is 0.231 e. The van der Waals surface area contributed by atoms with Gasteiger partial charge in [0.05, 0.1) is 6.42 Å². The summed E-state index contributed by atoms with van der Waals surface area (Å²) in [5, 5.41) is 3.98. The summed E-state index contributed by atoms with van der Waals surface area (Å²) in [5.41, 5.74) is 8.60.